The smallest absolute Gasteiger partial charge is 0.263 e. The fraction of sp³-hybridized carbons (Fsp3) is 0.611. The molecule has 6 nitrogen and oxygen atoms in total. The third kappa shape index (κ3) is 4.60. The number of piperidine rings is 1. The van der Waals surface area contributed by atoms with Gasteiger partial charge in [0.2, 0.25) is 11.8 Å². The summed E-state index contributed by atoms with van der Waals surface area (Å²) in [6.07, 6.45) is 6.44. The van der Waals surface area contributed by atoms with Gasteiger partial charge in [-0.1, -0.05) is 25.3 Å². The fourth-order valence-corrected chi connectivity index (χ4v) is 4.28. The summed E-state index contributed by atoms with van der Waals surface area (Å²) in [6, 6.07) is 3.69. The van der Waals surface area contributed by atoms with E-state index in [2.05, 4.69) is 10.9 Å². The van der Waals surface area contributed by atoms with Crippen LogP contribution >= 0.6 is 11.3 Å². The first-order valence-electron chi connectivity index (χ1n) is 9.07. The second-order valence-electron chi connectivity index (χ2n) is 6.86. The molecule has 0 atom stereocenters. The molecule has 0 unspecified atom stereocenters. The molecule has 2 heterocycles. The number of carbonyl (C=O) groups excluding carboxylic acids is 3. The summed E-state index contributed by atoms with van der Waals surface area (Å²) < 4.78 is 0. The highest BCUT2D eigenvalue weighted by Crippen LogP contribution is 2.24. The number of hydrazine groups is 1. The second kappa shape index (κ2) is 8.47. The highest BCUT2D eigenvalue weighted by molar-refractivity contribution is 7.12. The quantitative estimate of drug-likeness (QED) is 0.809. The summed E-state index contributed by atoms with van der Waals surface area (Å²) in [5, 5.41) is 1.89. The maximum absolute atomic E-state index is 12.3. The standard InChI is InChI=1S/C18H25N3O3S/c22-16(13-5-2-1-3-6-13)19-20-17(23)14-8-10-21(11-9-14)18(24)15-7-4-12-25-15/h4,7,12-14H,1-3,5-6,8-11H2,(H,19,22)(H,20,23). The Labute approximate surface area is 151 Å². The van der Waals surface area contributed by atoms with Crippen LogP contribution in [0.1, 0.15) is 54.6 Å². The summed E-state index contributed by atoms with van der Waals surface area (Å²) in [4.78, 5) is 39.2. The van der Waals surface area contributed by atoms with Gasteiger partial charge in [0.1, 0.15) is 0 Å². The number of thiophene rings is 1. The minimum Gasteiger partial charge on any atom is -0.338 e. The van der Waals surface area contributed by atoms with Crippen LogP contribution in [-0.2, 0) is 9.59 Å². The molecule has 2 aliphatic rings. The SMILES string of the molecule is O=C(NNC(=O)C1CCN(C(=O)c2cccs2)CC1)C1CCCCC1. The van der Waals surface area contributed by atoms with Crippen LogP contribution in [0.4, 0.5) is 0 Å². The zero-order valence-corrected chi connectivity index (χ0v) is 15.1. The van der Waals surface area contributed by atoms with Gasteiger partial charge in [-0.2, -0.15) is 0 Å². The van der Waals surface area contributed by atoms with Crippen molar-refractivity contribution in [3.63, 3.8) is 0 Å². The molecular weight excluding hydrogens is 338 g/mol. The normalized spacial score (nSPS) is 19.4. The minimum atomic E-state index is -0.154. The summed E-state index contributed by atoms with van der Waals surface area (Å²) in [6.45, 7) is 1.15. The van der Waals surface area contributed by atoms with Crippen LogP contribution in [0.5, 0.6) is 0 Å². The van der Waals surface area contributed by atoms with Crippen LogP contribution in [0.3, 0.4) is 0 Å². The molecule has 0 aromatic carbocycles. The summed E-state index contributed by atoms with van der Waals surface area (Å²) in [5.41, 5.74) is 5.17. The predicted octanol–water partition coefficient (Wildman–Crippen LogP) is 2.33. The van der Waals surface area contributed by atoms with E-state index in [0.29, 0.717) is 25.9 Å². The Morgan fingerprint density at radius 2 is 1.52 bits per heavy atom. The molecule has 1 saturated heterocycles. The van der Waals surface area contributed by atoms with E-state index < -0.39 is 0 Å². The van der Waals surface area contributed by atoms with Gasteiger partial charge in [0, 0.05) is 24.9 Å². The molecule has 3 rings (SSSR count). The van der Waals surface area contributed by atoms with E-state index in [1.165, 1.54) is 17.8 Å². The van der Waals surface area contributed by atoms with Crippen molar-refractivity contribution >= 4 is 29.1 Å². The van der Waals surface area contributed by atoms with Crippen molar-refractivity contribution in [3.05, 3.63) is 22.4 Å². The largest absolute Gasteiger partial charge is 0.338 e. The highest BCUT2D eigenvalue weighted by Gasteiger charge is 2.29. The number of nitrogens with zero attached hydrogens (tertiary/aromatic N) is 1. The minimum absolute atomic E-state index is 0.0271. The highest BCUT2D eigenvalue weighted by atomic mass is 32.1. The molecule has 1 aromatic heterocycles. The van der Waals surface area contributed by atoms with E-state index in [0.717, 1.165) is 30.6 Å². The van der Waals surface area contributed by atoms with E-state index in [4.69, 9.17) is 0 Å². The van der Waals surface area contributed by atoms with Crippen molar-refractivity contribution in [2.24, 2.45) is 11.8 Å². The summed E-state index contributed by atoms with van der Waals surface area (Å²) in [5.74, 6) is -0.302. The number of amides is 3. The maximum atomic E-state index is 12.3. The molecule has 25 heavy (non-hydrogen) atoms. The van der Waals surface area contributed by atoms with Crippen molar-refractivity contribution in [3.8, 4) is 0 Å². The van der Waals surface area contributed by atoms with Crippen molar-refractivity contribution in [1.29, 1.82) is 0 Å². The predicted molar refractivity (Wildman–Crippen MR) is 95.8 cm³/mol. The zero-order chi connectivity index (χ0) is 17.6. The molecule has 0 spiro atoms. The van der Waals surface area contributed by atoms with Gasteiger partial charge in [0.15, 0.2) is 0 Å². The van der Waals surface area contributed by atoms with Gasteiger partial charge in [0.25, 0.3) is 5.91 Å². The Morgan fingerprint density at radius 3 is 2.08 bits per heavy atom. The van der Waals surface area contributed by atoms with E-state index in [9.17, 15) is 14.4 Å². The summed E-state index contributed by atoms with van der Waals surface area (Å²) >= 11 is 1.44. The van der Waals surface area contributed by atoms with Crippen LogP contribution in [0.15, 0.2) is 17.5 Å². The van der Waals surface area contributed by atoms with Crippen molar-refractivity contribution < 1.29 is 14.4 Å². The molecular formula is C18H25N3O3S. The van der Waals surface area contributed by atoms with Gasteiger partial charge < -0.3 is 4.90 Å². The van der Waals surface area contributed by atoms with Crippen LogP contribution in [-0.4, -0.2) is 35.7 Å². The molecule has 1 aliphatic heterocycles. The number of nitrogens with one attached hydrogen (secondary N) is 2. The Hall–Kier alpha value is -1.89. The molecule has 2 fully saturated rings. The zero-order valence-electron chi connectivity index (χ0n) is 14.3. The van der Waals surface area contributed by atoms with E-state index in [-0.39, 0.29) is 29.6 Å². The lowest BCUT2D eigenvalue weighted by atomic mass is 9.89. The molecule has 136 valence electrons. The number of carbonyl (C=O) groups is 3. The van der Waals surface area contributed by atoms with Gasteiger partial charge >= 0.3 is 0 Å². The third-order valence-electron chi connectivity index (χ3n) is 5.17. The molecule has 1 aliphatic carbocycles. The van der Waals surface area contributed by atoms with E-state index in [1.54, 1.807) is 4.90 Å². The van der Waals surface area contributed by atoms with Gasteiger partial charge in [0.05, 0.1) is 4.88 Å². The fourth-order valence-electron chi connectivity index (χ4n) is 3.59. The van der Waals surface area contributed by atoms with E-state index in [1.807, 2.05) is 17.5 Å². The average Bonchev–Trinajstić information content (AvgIpc) is 3.21. The first kappa shape index (κ1) is 17.9. The number of hydrogen-bond donors (Lipinski definition) is 2. The first-order chi connectivity index (χ1) is 12.1. The topological polar surface area (TPSA) is 78.5 Å². The summed E-state index contributed by atoms with van der Waals surface area (Å²) in [7, 11) is 0. The lowest BCUT2D eigenvalue weighted by Crippen LogP contribution is -2.49. The van der Waals surface area contributed by atoms with Crippen LogP contribution in [0, 0.1) is 11.8 Å². The Bertz CT molecular complexity index is 603. The number of likely N-dealkylation sites (tertiary alicyclic amines) is 1. The molecule has 7 heteroatoms. The molecule has 3 amide bonds. The van der Waals surface area contributed by atoms with Gasteiger partial charge in [-0.25, -0.2) is 0 Å². The molecule has 1 saturated carbocycles. The van der Waals surface area contributed by atoms with Crippen molar-refractivity contribution in [2.75, 3.05) is 13.1 Å². The Balaban J connectivity index is 1.40. The first-order valence-corrected chi connectivity index (χ1v) is 9.95. The number of hydrogen-bond acceptors (Lipinski definition) is 4. The van der Waals surface area contributed by atoms with Crippen molar-refractivity contribution in [2.45, 2.75) is 44.9 Å². The van der Waals surface area contributed by atoms with Gasteiger partial charge in [-0.15, -0.1) is 11.3 Å². The van der Waals surface area contributed by atoms with Crippen LogP contribution in [0.25, 0.3) is 0 Å². The van der Waals surface area contributed by atoms with Crippen LogP contribution in [0.2, 0.25) is 0 Å². The number of rotatable bonds is 3. The molecule has 2 N–H and O–H groups in total. The van der Waals surface area contributed by atoms with Gasteiger partial charge in [-0.05, 0) is 37.1 Å². The Kier molecular flexibility index (Phi) is 6.07. The maximum Gasteiger partial charge on any atom is 0.263 e. The lowest BCUT2D eigenvalue weighted by Gasteiger charge is -2.31. The second-order valence-corrected chi connectivity index (χ2v) is 7.80. The molecule has 0 radical (unpaired) electrons. The molecule has 0 bridgehead atoms. The molecule has 1 aromatic rings. The monoisotopic (exact) mass is 363 g/mol. The lowest BCUT2D eigenvalue weighted by molar-refractivity contribution is -0.134. The van der Waals surface area contributed by atoms with Crippen molar-refractivity contribution in [1.82, 2.24) is 15.8 Å². The van der Waals surface area contributed by atoms with Crippen LogP contribution < -0.4 is 10.9 Å². The van der Waals surface area contributed by atoms with Gasteiger partial charge in [-0.3, -0.25) is 25.2 Å². The average molecular weight is 363 g/mol. The van der Waals surface area contributed by atoms with E-state index >= 15 is 0 Å². The third-order valence-corrected chi connectivity index (χ3v) is 6.03. The Morgan fingerprint density at radius 1 is 0.920 bits per heavy atom.